The lowest BCUT2D eigenvalue weighted by molar-refractivity contribution is -0.133. The summed E-state index contributed by atoms with van der Waals surface area (Å²) in [6, 6.07) is 0.0954. The van der Waals surface area contributed by atoms with E-state index in [1.807, 2.05) is 18.7 Å². The van der Waals surface area contributed by atoms with Crippen LogP contribution in [0.4, 0.5) is 5.82 Å². The summed E-state index contributed by atoms with van der Waals surface area (Å²) in [6.45, 7) is 5.03. The number of hydrogen-bond acceptors (Lipinski definition) is 8. The fourth-order valence-corrected chi connectivity index (χ4v) is 3.88. The Kier molecular flexibility index (Phi) is 5.17. The van der Waals surface area contributed by atoms with Crippen molar-refractivity contribution in [3.8, 4) is 0 Å². The molecule has 2 aromatic rings. The molecule has 10 nitrogen and oxygen atoms in total. The van der Waals surface area contributed by atoms with Gasteiger partial charge in [0.25, 0.3) is 0 Å². The van der Waals surface area contributed by atoms with E-state index in [1.165, 1.54) is 6.33 Å². The summed E-state index contributed by atoms with van der Waals surface area (Å²) < 4.78 is 7.38. The SMILES string of the molecule is CC(C)C(=O)N1CCC(Nc2ncnc3c2ncn3C2OC(CO)CC2O)C1. The zero-order valence-corrected chi connectivity index (χ0v) is 16.0. The normalized spacial score (nSPS) is 27.8. The molecule has 4 heterocycles. The van der Waals surface area contributed by atoms with Crippen molar-refractivity contribution >= 4 is 22.9 Å². The van der Waals surface area contributed by atoms with Crippen molar-refractivity contribution in [2.45, 2.75) is 51.2 Å². The van der Waals surface area contributed by atoms with Crippen LogP contribution < -0.4 is 5.32 Å². The van der Waals surface area contributed by atoms with E-state index >= 15 is 0 Å². The van der Waals surface area contributed by atoms with Gasteiger partial charge in [0.15, 0.2) is 23.2 Å². The Hall–Kier alpha value is -2.30. The van der Waals surface area contributed by atoms with Crippen molar-refractivity contribution in [2.75, 3.05) is 25.0 Å². The van der Waals surface area contributed by atoms with Gasteiger partial charge in [0, 0.05) is 31.5 Å². The second-order valence-electron chi connectivity index (χ2n) is 7.75. The minimum absolute atomic E-state index is 0.0132. The first-order valence-electron chi connectivity index (χ1n) is 9.65. The average Bonchev–Trinajstić information content (AvgIpc) is 3.39. The summed E-state index contributed by atoms with van der Waals surface area (Å²) in [5.41, 5.74) is 1.13. The number of aromatic nitrogens is 4. The highest BCUT2D eigenvalue weighted by molar-refractivity contribution is 5.83. The molecule has 3 N–H and O–H groups in total. The Bertz CT molecular complexity index is 856. The molecular weight excluding hydrogens is 364 g/mol. The fourth-order valence-electron chi connectivity index (χ4n) is 3.88. The molecule has 4 atom stereocenters. The highest BCUT2D eigenvalue weighted by Crippen LogP contribution is 2.32. The monoisotopic (exact) mass is 390 g/mol. The van der Waals surface area contributed by atoms with Gasteiger partial charge in [-0.2, -0.15) is 0 Å². The molecule has 2 aliphatic rings. The smallest absolute Gasteiger partial charge is 0.225 e. The number of ether oxygens (including phenoxy) is 1. The number of fused-ring (bicyclic) bond motifs is 1. The van der Waals surface area contributed by atoms with E-state index in [9.17, 15) is 15.0 Å². The second-order valence-corrected chi connectivity index (χ2v) is 7.75. The lowest BCUT2D eigenvalue weighted by atomic mass is 10.2. The number of nitrogens with zero attached hydrogens (tertiary/aromatic N) is 5. The molecule has 1 amide bonds. The number of imidazole rings is 1. The third-order valence-corrected chi connectivity index (χ3v) is 5.34. The zero-order valence-electron chi connectivity index (χ0n) is 16.0. The summed E-state index contributed by atoms with van der Waals surface area (Å²) in [5, 5.41) is 22.9. The molecule has 0 radical (unpaired) electrons. The van der Waals surface area contributed by atoms with Crippen molar-refractivity contribution in [3.05, 3.63) is 12.7 Å². The number of carbonyl (C=O) groups excluding carboxylic acids is 1. The quantitative estimate of drug-likeness (QED) is 0.658. The molecule has 4 rings (SSSR count). The molecule has 152 valence electrons. The van der Waals surface area contributed by atoms with E-state index in [2.05, 4.69) is 20.3 Å². The lowest BCUT2D eigenvalue weighted by Gasteiger charge is -2.19. The predicted molar refractivity (Wildman–Crippen MR) is 100 cm³/mol. The van der Waals surface area contributed by atoms with E-state index in [-0.39, 0.29) is 24.5 Å². The first-order valence-corrected chi connectivity index (χ1v) is 9.65. The minimum Gasteiger partial charge on any atom is -0.394 e. The van der Waals surface area contributed by atoms with Crippen LogP contribution in [0.2, 0.25) is 0 Å². The third-order valence-electron chi connectivity index (χ3n) is 5.34. The van der Waals surface area contributed by atoms with E-state index in [0.717, 1.165) is 13.0 Å². The topological polar surface area (TPSA) is 126 Å². The molecule has 2 saturated heterocycles. The van der Waals surface area contributed by atoms with Crippen molar-refractivity contribution in [1.29, 1.82) is 0 Å². The number of aliphatic hydroxyl groups excluding tert-OH is 2. The standard InChI is InChI=1S/C18H26N6O4/c1-10(2)17(27)23-4-3-11(6-23)22-15-14-16(20-8-19-15)24(9-21-14)18-13(26)5-12(7-25)28-18/h8-13,18,25-26H,3-7H2,1-2H3,(H,19,20,22). The molecule has 0 saturated carbocycles. The maximum absolute atomic E-state index is 12.2. The molecule has 2 aromatic heterocycles. The van der Waals surface area contributed by atoms with Crippen LogP contribution in [-0.2, 0) is 9.53 Å². The molecule has 0 aromatic carbocycles. The molecule has 0 spiro atoms. The van der Waals surface area contributed by atoms with Gasteiger partial charge in [0.1, 0.15) is 12.4 Å². The van der Waals surface area contributed by atoms with Gasteiger partial charge < -0.3 is 25.2 Å². The summed E-state index contributed by atoms with van der Waals surface area (Å²) in [7, 11) is 0. The van der Waals surface area contributed by atoms with Gasteiger partial charge in [0.2, 0.25) is 5.91 Å². The predicted octanol–water partition coefficient (Wildman–Crippen LogP) is 0.136. The molecule has 2 fully saturated rings. The summed E-state index contributed by atoms with van der Waals surface area (Å²) >= 11 is 0. The van der Waals surface area contributed by atoms with Gasteiger partial charge in [-0.15, -0.1) is 0 Å². The largest absolute Gasteiger partial charge is 0.394 e. The number of aliphatic hydroxyl groups is 2. The molecule has 28 heavy (non-hydrogen) atoms. The van der Waals surface area contributed by atoms with Crippen LogP contribution in [0.25, 0.3) is 11.2 Å². The number of carbonyl (C=O) groups is 1. The molecule has 2 aliphatic heterocycles. The maximum atomic E-state index is 12.2. The van der Waals surface area contributed by atoms with Crippen molar-refractivity contribution in [1.82, 2.24) is 24.4 Å². The van der Waals surface area contributed by atoms with Gasteiger partial charge in [-0.1, -0.05) is 13.8 Å². The lowest BCUT2D eigenvalue weighted by Crippen LogP contribution is -2.34. The highest BCUT2D eigenvalue weighted by atomic mass is 16.5. The van der Waals surface area contributed by atoms with E-state index in [1.54, 1.807) is 10.9 Å². The Morgan fingerprint density at radius 1 is 1.39 bits per heavy atom. The van der Waals surface area contributed by atoms with Gasteiger partial charge in [-0.25, -0.2) is 15.0 Å². The number of amides is 1. The summed E-state index contributed by atoms with van der Waals surface area (Å²) in [5.74, 6) is 0.742. The van der Waals surface area contributed by atoms with Gasteiger partial charge in [-0.05, 0) is 6.42 Å². The number of anilines is 1. The van der Waals surface area contributed by atoms with Crippen LogP contribution in [0.3, 0.4) is 0 Å². The molecule has 4 unspecified atom stereocenters. The number of rotatable bonds is 5. The average molecular weight is 390 g/mol. The first-order chi connectivity index (χ1) is 13.5. The first kappa shape index (κ1) is 19.0. The van der Waals surface area contributed by atoms with E-state index in [4.69, 9.17) is 4.74 Å². The maximum Gasteiger partial charge on any atom is 0.225 e. The summed E-state index contributed by atoms with van der Waals surface area (Å²) in [4.78, 5) is 27.1. The Labute approximate surface area is 162 Å². The number of hydrogen-bond donors (Lipinski definition) is 3. The van der Waals surface area contributed by atoms with Crippen molar-refractivity contribution < 1.29 is 19.7 Å². The minimum atomic E-state index is -0.744. The van der Waals surface area contributed by atoms with Crippen LogP contribution >= 0.6 is 0 Å². The van der Waals surface area contributed by atoms with Gasteiger partial charge in [-0.3, -0.25) is 9.36 Å². The van der Waals surface area contributed by atoms with Gasteiger partial charge in [0.05, 0.1) is 19.0 Å². The van der Waals surface area contributed by atoms with Crippen LogP contribution in [0, 0.1) is 5.92 Å². The second kappa shape index (κ2) is 7.61. The molecule has 10 heteroatoms. The highest BCUT2D eigenvalue weighted by Gasteiger charge is 2.36. The van der Waals surface area contributed by atoms with Crippen LogP contribution in [0.15, 0.2) is 12.7 Å². The Morgan fingerprint density at radius 3 is 2.93 bits per heavy atom. The number of nitrogens with one attached hydrogen (secondary N) is 1. The van der Waals surface area contributed by atoms with Crippen LogP contribution in [-0.4, -0.2) is 78.5 Å². The molecule has 0 bridgehead atoms. The Morgan fingerprint density at radius 2 is 2.21 bits per heavy atom. The van der Waals surface area contributed by atoms with Crippen LogP contribution in [0.1, 0.15) is 32.9 Å². The van der Waals surface area contributed by atoms with E-state index in [0.29, 0.717) is 29.9 Å². The van der Waals surface area contributed by atoms with Crippen LogP contribution in [0.5, 0.6) is 0 Å². The van der Waals surface area contributed by atoms with Crippen molar-refractivity contribution in [3.63, 3.8) is 0 Å². The van der Waals surface area contributed by atoms with E-state index < -0.39 is 18.4 Å². The third kappa shape index (κ3) is 3.43. The Balaban J connectivity index is 1.52. The molecule has 0 aliphatic carbocycles. The summed E-state index contributed by atoms with van der Waals surface area (Å²) in [6.07, 6.45) is 2.43. The zero-order chi connectivity index (χ0) is 19.8. The fraction of sp³-hybridized carbons (Fsp3) is 0.667. The molecular formula is C18H26N6O4. The van der Waals surface area contributed by atoms with Crippen molar-refractivity contribution in [2.24, 2.45) is 5.92 Å². The number of likely N-dealkylation sites (tertiary alicyclic amines) is 1. The van der Waals surface area contributed by atoms with Gasteiger partial charge >= 0.3 is 0 Å².